The average Bonchev–Trinajstić information content (AvgIpc) is 2.74. The molecule has 2 N–H and O–H groups in total. The van der Waals surface area contributed by atoms with E-state index in [1.165, 1.54) is 0 Å². The van der Waals surface area contributed by atoms with E-state index in [0.717, 1.165) is 18.7 Å². The van der Waals surface area contributed by atoms with Crippen LogP contribution in [0, 0.1) is 11.8 Å². The Bertz CT molecular complexity index is 353. The van der Waals surface area contributed by atoms with Gasteiger partial charge in [0.25, 0.3) is 0 Å². The van der Waals surface area contributed by atoms with E-state index in [-0.39, 0.29) is 11.8 Å². The van der Waals surface area contributed by atoms with Crippen molar-refractivity contribution < 1.29 is 4.79 Å². The Balaban J connectivity index is 1.84. The van der Waals surface area contributed by atoms with Crippen LogP contribution in [0.25, 0.3) is 0 Å². The lowest BCUT2D eigenvalue weighted by atomic mass is 9.97. The summed E-state index contributed by atoms with van der Waals surface area (Å²) in [5, 5.41) is 6.19. The molecule has 1 aliphatic rings. The van der Waals surface area contributed by atoms with E-state index in [1.54, 1.807) is 12.4 Å². The highest BCUT2D eigenvalue weighted by atomic mass is 16.1. The molecular weight excluding hydrogens is 202 g/mol. The minimum atomic E-state index is 0.113. The molecule has 0 bridgehead atoms. The van der Waals surface area contributed by atoms with Crippen LogP contribution in [0.5, 0.6) is 0 Å². The molecule has 1 fully saturated rings. The van der Waals surface area contributed by atoms with Crippen LogP contribution in [-0.2, 0) is 11.3 Å². The Morgan fingerprint density at radius 1 is 1.50 bits per heavy atom. The summed E-state index contributed by atoms with van der Waals surface area (Å²) in [6.07, 6.45) is 3.47. The number of carbonyl (C=O) groups excluding carboxylic acids is 1. The third-order valence-electron chi connectivity index (χ3n) is 3.07. The molecule has 1 amide bonds. The van der Waals surface area contributed by atoms with Crippen LogP contribution in [0.4, 0.5) is 0 Å². The van der Waals surface area contributed by atoms with Crippen LogP contribution < -0.4 is 10.6 Å². The molecule has 1 aliphatic heterocycles. The van der Waals surface area contributed by atoms with E-state index in [1.807, 2.05) is 12.1 Å². The number of nitrogens with zero attached hydrogens (tertiary/aromatic N) is 1. The number of pyridine rings is 1. The topological polar surface area (TPSA) is 54.0 Å². The van der Waals surface area contributed by atoms with E-state index in [4.69, 9.17) is 0 Å². The van der Waals surface area contributed by atoms with E-state index in [2.05, 4.69) is 22.5 Å². The first-order valence-corrected chi connectivity index (χ1v) is 5.64. The Kier molecular flexibility index (Phi) is 3.51. The second-order valence-corrected chi connectivity index (χ2v) is 4.32. The molecule has 1 aromatic rings. The first kappa shape index (κ1) is 11.1. The number of hydrogen-bond acceptors (Lipinski definition) is 3. The number of carbonyl (C=O) groups is 1. The van der Waals surface area contributed by atoms with Gasteiger partial charge in [-0.05, 0) is 30.2 Å². The van der Waals surface area contributed by atoms with Crippen molar-refractivity contribution >= 4 is 5.91 Å². The van der Waals surface area contributed by atoms with Crippen LogP contribution in [0.3, 0.4) is 0 Å². The molecule has 0 saturated carbocycles. The summed E-state index contributed by atoms with van der Waals surface area (Å²) in [4.78, 5) is 15.8. The standard InChI is InChI=1S/C12H17N3O/c1-9-6-14-8-11(9)12(16)15-7-10-2-4-13-5-3-10/h2-5,9,11,14H,6-8H2,1H3,(H,15,16). The lowest BCUT2D eigenvalue weighted by Gasteiger charge is -2.14. The largest absolute Gasteiger partial charge is 0.352 e. The second-order valence-electron chi connectivity index (χ2n) is 4.32. The van der Waals surface area contributed by atoms with Crippen LogP contribution in [0.2, 0.25) is 0 Å². The molecule has 16 heavy (non-hydrogen) atoms. The van der Waals surface area contributed by atoms with Gasteiger partial charge in [-0.25, -0.2) is 0 Å². The number of rotatable bonds is 3. The van der Waals surface area contributed by atoms with Crippen molar-refractivity contribution in [2.24, 2.45) is 11.8 Å². The molecule has 1 saturated heterocycles. The molecule has 86 valence electrons. The fourth-order valence-electron chi connectivity index (χ4n) is 1.98. The molecule has 0 spiro atoms. The van der Waals surface area contributed by atoms with Crippen LogP contribution >= 0.6 is 0 Å². The molecule has 4 heteroatoms. The van der Waals surface area contributed by atoms with Gasteiger partial charge in [0, 0.05) is 25.5 Å². The predicted octanol–water partition coefficient (Wildman–Crippen LogP) is 0.553. The average molecular weight is 219 g/mol. The van der Waals surface area contributed by atoms with Gasteiger partial charge in [0.15, 0.2) is 0 Å². The quantitative estimate of drug-likeness (QED) is 0.780. The van der Waals surface area contributed by atoms with E-state index in [0.29, 0.717) is 12.5 Å². The van der Waals surface area contributed by atoms with Gasteiger partial charge < -0.3 is 10.6 Å². The van der Waals surface area contributed by atoms with Crippen molar-refractivity contribution in [3.05, 3.63) is 30.1 Å². The minimum absolute atomic E-state index is 0.113. The maximum Gasteiger partial charge on any atom is 0.224 e. The van der Waals surface area contributed by atoms with Crippen LogP contribution in [0.15, 0.2) is 24.5 Å². The number of hydrogen-bond donors (Lipinski definition) is 2. The molecule has 2 atom stereocenters. The Morgan fingerprint density at radius 3 is 2.88 bits per heavy atom. The van der Waals surface area contributed by atoms with Crippen molar-refractivity contribution in [3.8, 4) is 0 Å². The zero-order valence-corrected chi connectivity index (χ0v) is 9.44. The first-order valence-electron chi connectivity index (χ1n) is 5.64. The highest BCUT2D eigenvalue weighted by molar-refractivity contribution is 5.79. The van der Waals surface area contributed by atoms with Gasteiger partial charge in [0.2, 0.25) is 5.91 Å². The van der Waals surface area contributed by atoms with E-state index < -0.39 is 0 Å². The van der Waals surface area contributed by atoms with Crippen molar-refractivity contribution in [1.82, 2.24) is 15.6 Å². The Hall–Kier alpha value is -1.42. The van der Waals surface area contributed by atoms with Crippen LogP contribution in [-0.4, -0.2) is 24.0 Å². The molecule has 0 aromatic carbocycles. The van der Waals surface area contributed by atoms with Crippen molar-refractivity contribution in [2.45, 2.75) is 13.5 Å². The maximum absolute atomic E-state index is 11.9. The zero-order valence-electron chi connectivity index (χ0n) is 9.44. The maximum atomic E-state index is 11.9. The second kappa shape index (κ2) is 5.07. The number of amides is 1. The normalized spacial score (nSPS) is 24.3. The summed E-state index contributed by atoms with van der Waals surface area (Å²) < 4.78 is 0. The monoisotopic (exact) mass is 219 g/mol. The molecular formula is C12H17N3O. The first-order chi connectivity index (χ1) is 7.77. The summed E-state index contributed by atoms with van der Waals surface area (Å²) in [7, 11) is 0. The smallest absolute Gasteiger partial charge is 0.224 e. The minimum Gasteiger partial charge on any atom is -0.352 e. The van der Waals surface area contributed by atoms with Gasteiger partial charge in [-0.1, -0.05) is 6.92 Å². The lowest BCUT2D eigenvalue weighted by molar-refractivity contribution is -0.125. The highest BCUT2D eigenvalue weighted by Crippen LogP contribution is 2.15. The van der Waals surface area contributed by atoms with Gasteiger partial charge >= 0.3 is 0 Å². The van der Waals surface area contributed by atoms with E-state index in [9.17, 15) is 4.79 Å². The van der Waals surface area contributed by atoms with Crippen molar-refractivity contribution in [2.75, 3.05) is 13.1 Å². The molecule has 0 radical (unpaired) electrons. The van der Waals surface area contributed by atoms with Gasteiger partial charge in [-0.3, -0.25) is 9.78 Å². The van der Waals surface area contributed by atoms with Gasteiger partial charge in [-0.15, -0.1) is 0 Å². The lowest BCUT2D eigenvalue weighted by Crippen LogP contribution is -2.33. The van der Waals surface area contributed by atoms with E-state index >= 15 is 0 Å². The summed E-state index contributed by atoms with van der Waals surface area (Å²) in [6, 6.07) is 3.83. The third-order valence-corrected chi connectivity index (χ3v) is 3.07. The van der Waals surface area contributed by atoms with Gasteiger partial charge in [0.05, 0.1) is 5.92 Å². The molecule has 2 rings (SSSR count). The highest BCUT2D eigenvalue weighted by Gasteiger charge is 2.29. The van der Waals surface area contributed by atoms with Crippen molar-refractivity contribution in [3.63, 3.8) is 0 Å². The fourth-order valence-corrected chi connectivity index (χ4v) is 1.98. The number of nitrogens with one attached hydrogen (secondary N) is 2. The summed E-state index contributed by atoms with van der Waals surface area (Å²) in [5.74, 6) is 0.689. The van der Waals surface area contributed by atoms with Gasteiger partial charge in [-0.2, -0.15) is 0 Å². The van der Waals surface area contributed by atoms with Crippen LogP contribution in [0.1, 0.15) is 12.5 Å². The molecule has 2 unspecified atom stereocenters. The summed E-state index contributed by atoms with van der Waals surface area (Å²) in [5.41, 5.74) is 1.09. The van der Waals surface area contributed by atoms with Gasteiger partial charge in [0.1, 0.15) is 0 Å². The molecule has 0 aliphatic carbocycles. The molecule has 4 nitrogen and oxygen atoms in total. The SMILES string of the molecule is CC1CNCC1C(=O)NCc1ccncc1. The fraction of sp³-hybridized carbons (Fsp3) is 0.500. The summed E-state index contributed by atoms with van der Waals surface area (Å²) >= 11 is 0. The van der Waals surface area contributed by atoms with Crippen molar-refractivity contribution in [1.29, 1.82) is 0 Å². The Morgan fingerprint density at radius 2 is 2.25 bits per heavy atom. The Labute approximate surface area is 95.5 Å². The summed E-state index contributed by atoms with van der Waals surface area (Å²) in [6.45, 7) is 4.43. The third kappa shape index (κ3) is 2.58. The number of aromatic nitrogens is 1. The molecule has 2 heterocycles. The predicted molar refractivity (Wildman–Crippen MR) is 61.6 cm³/mol. The zero-order chi connectivity index (χ0) is 11.4. The molecule has 1 aromatic heterocycles.